The van der Waals surface area contributed by atoms with Crippen molar-refractivity contribution in [2.24, 2.45) is 0 Å². The van der Waals surface area contributed by atoms with Crippen molar-refractivity contribution in [1.29, 1.82) is 0 Å². The zero-order valence-corrected chi connectivity index (χ0v) is 15.4. The Morgan fingerprint density at radius 3 is 2.75 bits per heavy atom. The molecule has 0 spiro atoms. The van der Waals surface area contributed by atoms with Crippen molar-refractivity contribution in [2.45, 2.75) is 19.5 Å². The van der Waals surface area contributed by atoms with Gasteiger partial charge in [0.05, 0.1) is 16.8 Å². The van der Waals surface area contributed by atoms with E-state index in [0.29, 0.717) is 12.4 Å². The molecule has 5 heteroatoms. The van der Waals surface area contributed by atoms with Gasteiger partial charge in [-0.3, -0.25) is 14.7 Å². The average Bonchev–Trinajstić information content (AvgIpc) is 2.74. The summed E-state index contributed by atoms with van der Waals surface area (Å²) in [6.07, 6.45) is 2.71. The first-order valence-corrected chi connectivity index (χ1v) is 9.50. The number of aromatic nitrogens is 3. The molecule has 0 unspecified atom stereocenters. The van der Waals surface area contributed by atoms with Crippen LogP contribution >= 0.6 is 0 Å². The fourth-order valence-corrected chi connectivity index (χ4v) is 3.81. The first kappa shape index (κ1) is 16.8. The molecule has 5 nitrogen and oxygen atoms in total. The number of aromatic amines is 1. The van der Waals surface area contributed by atoms with E-state index in [4.69, 9.17) is 4.98 Å². The maximum absolute atomic E-state index is 12.7. The summed E-state index contributed by atoms with van der Waals surface area (Å²) in [6.45, 7) is 2.27. The highest BCUT2D eigenvalue weighted by Crippen LogP contribution is 2.21. The normalized spacial score (nSPS) is 14.1. The first-order chi connectivity index (χ1) is 13.8. The molecular formula is C23H20N4O. The molecule has 0 radical (unpaired) electrons. The zero-order valence-electron chi connectivity index (χ0n) is 15.4. The van der Waals surface area contributed by atoms with E-state index in [1.54, 1.807) is 0 Å². The molecule has 2 aromatic carbocycles. The van der Waals surface area contributed by atoms with Crippen molar-refractivity contribution in [3.63, 3.8) is 0 Å². The lowest BCUT2D eigenvalue weighted by Gasteiger charge is -2.27. The topological polar surface area (TPSA) is 61.9 Å². The molecule has 4 aromatic rings. The first-order valence-electron chi connectivity index (χ1n) is 9.50. The van der Waals surface area contributed by atoms with Gasteiger partial charge in [0, 0.05) is 43.2 Å². The van der Waals surface area contributed by atoms with Crippen molar-refractivity contribution in [2.75, 3.05) is 6.54 Å². The number of para-hydroxylation sites is 1. The Bertz CT molecular complexity index is 1200. The van der Waals surface area contributed by atoms with Crippen LogP contribution in [0.3, 0.4) is 0 Å². The van der Waals surface area contributed by atoms with Crippen LogP contribution in [0.4, 0.5) is 0 Å². The van der Waals surface area contributed by atoms with E-state index in [1.165, 1.54) is 0 Å². The van der Waals surface area contributed by atoms with Crippen molar-refractivity contribution >= 4 is 10.9 Å². The van der Waals surface area contributed by atoms with Gasteiger partial charge in [0.25, 0.3) is 5.56 Å². The van der Waals surface area contributed by atoms with E-state index < -0.39 is 0 Å². The minimum Gasteiger partial charge on any atom is -0.306 e. The lowest BCUT2D eigenvalue weighted by Crippen LogP contribution is -2.35. The molecule has 3 heterocycles. The number of hydrogen-bond acceptors (Lipinski definition) is 4. The molecule has 28 heavy (non-hydrogen) atoms. The smallest absolute Gasteiger partial charge is 0.255 e. The second-order valence-corrected chi connectivity index (χ2v) is 7.20. The van der Waals surface area contributed by atoms with Crippen LogP contribution in [0.1, 0.15) is 16.8 Å². The van der Waals surface area contributed by atoms with Crippen LogP contribution in [-0.2, 0) is 19.5 Å². The molecule has 0 saturated carbocycles. The van der Waals surface area contributed by atoms with Gasteiger partial charge in [-0.1, -0.05) is 48.5 Å². The van der Waals surface area contributed by atoms with Crippen LogP contribution in [-0.4, -0.2) is 26.4 Å². The van der Waals surface area contributed by atoms with Gasteiger partial charge >= 0.3 is 0 Å². The predicted molar refractivity (Wildman–Crippen MR) is 110 cm³/mol. The standard InChI is InChI=1S/C23H20N4O/c28-23-19-15-27(14-16-12-18-8-4-5-9-20(18)24-13-16)11-10-21(19)25-22(26-23)17-6-2-1-3-7-17/h1-9,12-13H,10-11,14-15H2,(H,25,26,28). The Morgan fingerprint density at radius 2 is 1.86 bits per heavy atom. The van der Waals surface area contributed by atoms with Crippen LogP contribution in [0.2, 0.25) is 0 Å². The number of hydrogen-bond donors (Lipinski definition) is 1. The summed E-state index contributed by atoms with van der Waals surface area (Å²) >= 11 is 0. The highest BCUT2D eigenvalue weighted by atomic mass is 16.1. The van der Waals surface area contributed by atoms with Crippen LogP contribution in [0.15, 0.2) is 71.7 Å². The Balaban J connectivity index is 1.39. The quantitative estimate of drug-likeness (QED) is 0.601. The van der Waals surface area contributed by atoms with Crippen LogP contribution in [0.25, 0.3) is 22.3 Å². The molecule has 1 N–H and O–H groups in total. The molecule has 0 amide bonds. The molecular weight excluding hydrogens is 348 g/mol. The number of fused-ring (bicyclic) bond motifs is 2. The van der Waals surface area contributed by atoms with E-state index >= 15 is 0 Å². The molecule has 5 rings (SSSR count). The Morgan fingerprint density at radius 1 is 1.04 bits per heavy atom. The van der Waals surface area contributed by atoms with E-state index in [-0.39, 0.29) is 5.56 Å². The van der Waals surface area contributed by atoms with Gasteiger partial charge in [-0.25, -0.2) is 4.98 Å². The van der Waals surface area contributed by atoms with Gasteiger partial charge in [-0.15, -0.1) is 0 Å². The molecule has 0 bridgehead atoms. The highest BCUT2D eigenvalue weighted by molar-refractivity contribution is 5.78. The number of pyridine rings is 1. The lowest BCUT2D eigenvalue weighted by molar-refractivity contribution is 0.241. The summed E-state index contributed by atoms with van der Waals surface area (Å²) in [5.41, 5.74) is 4.75. The van der Waals surface area contributed by atoms with Crippen LogP contribution in [0.5, 0.6) is 0 Å². The minimum atomic E-state index is -0.0369. The van der Waals surface area contributed by atoms with Crippen molar-refractivity contribution in [3.8, 4) is 11.4 Å². The SMILES string of the molecule is O=c1[nH]c(-c2ccccc2)nc2c1CN(Cc1cnc3ccccc3c1)CC2. The fourth-order valence-electron chi connectivity index (χ4n) is 3.81. The third-order valence-electron chi connectivity index (χ3n) is 5.25. The van der Waals surface area contributed by atoms with Gasteiger partial charge in [0.1, 0.15) is 5.82 Å². The van der Waals surface area contributed by atoms with Gasteiger partial charge in [0.15, 0.2) is 0 Å². The second-order valence-electron chi connectivity index (χ2n) is 7.20. The van der Waals surface area contributed by atoms with Crippen molar-refractivity contribution < 1.29 is 0 Å². The van der Waals surface area contributed by atoms with Crippen molar-refractivity contribution in [1.82, 2.24) is 19.9 Å². The number of benzene rings is 2. The van der Waals surface area contributed by atoms with Gasteiger partial charge in [0.2, 0.25) is 0 Å². The van der Waals surface area contributed by atoms with E-state index in [9.17, 15) is 4.79 Å². The maximum atomic E-state index is 12.7. The number of H-pyrrole nitrogens is 1. The fraction of sp³-hybridized carbons (Fsp3) is 0.174. The van der Waals surface area contributed by atoms with E-state index in [0.717, 1.165) is 52.8 Å². The highest BCUT2D eigenvalue weighted by Gasteiger charge is 2.21. The van der Waals surface area contributed by atoms with Crippen LogP contribution in [0, 0.1) is 0 Å². The Kier molecular flexibility index (Phi) is 4.22. The molecule has 0 fully saturated rings. The summed E-state index contributed by atoms with van der Waals surface area (Å²) in [5, 5.41) is 1.14. The third-order valence-corrected chi connectivity index (χ3v) is 5.25. The maximum Gasteiger partial charge on any atom is 0.255 e. The monoisotopic (exact) mass is 368 g/mol. The van der Waals surface area contributed by atoms with E-state index in [2.05, 4.69) is 27.0 Å². The van der Waals surface area contributed by atoms with E-state index in [1.807, 2.05) is 54.7 Å². The van der Waals surface area contributed by atoms with Gasteiger partial charge in [-0.2, -0.15) is 0 Å². The number of nitrogens with zero attached hydrogens (tertiary/aromatic N) is 3. The summed E-state index contributed by atoms with van der Waals surface area (Å²) in [5.74, 6) is 0.650. The lowest BCUT2D eigenvalue weighted by atomic mass is 10.1. The number of nitrogens with one attached hydrogen (secondary N) is 1. The third kappa shape index (κ3) is 3.21. The molecule has 1 aliphatic rings. The summed E-state index contributed by atoms with van der Waals surface area (Å²) in [6, 6.07) is 20.1. The summed E-state index contributed by atoms with van der Waals surface area (Å²) in [4.78, 5) is 27.2. The molecule has 138 valence electrons. The molecule has 0 aliphatic carbocycles. The predicted octanol–water partition coefficient (Wildman–Crippen LogP) is 3.54. The largest absolute Gasteiger partial charge is 0.306 e. The molecule has 0 atom stereocenters. The van der Waals surface area contributed by atoms with Crippen LogP contribution < -0.4 is 5.56 Å². The molecule has 2 aromatic heterocycles. The zero-order chi connectivity index (χ0) is 18.9. The Labute approximate surface area is 162 Å². The Hall–Kier alpha value is -3.31. The minimum absolute atomic E-state index is 0.0369. The molecule has 1 aliphatic heterocycles. The average molecular weight is 368 g/mol. The number of rotatable bonds is 3. The summed E-state index contributed by atoms with van der Waals surface area (Å²) in [7, 11) is 0. The van der Waals surface area contributed by atoms with Crippen molar-refractivity contribution in [3.05, 3.63) is 94.0 Å². The summed E-state index contributed by atoms with van der Waals surface area (Å²) < 4.78 is 0. The van der Waals surface area contributed by atoms with Gasteiger partial charge < -0.3 is 4.98 Å². The molecule has 0 saturated heterocycles. The second kappa shape index (κ2) is 7.02. The van der Waals surface area contributed by atoms with Gasteiger partial charge in [-0.05, 0) is 17.7 Å².